The predicted octanol–water partition coefficient (Wildman–Crippen LogP) is 1.56. The molecule has 4 rings (SSSR count). The normalized spacial score (nSPS) is 52.8. The summed E-state index contributed by atoms with van der Waals surface area (Å²) in [6, 6.07) is 0. The van der Waals surface area contributed by atoms with Crippen LogP contribution < -0.4 is 0 Å². The summed E-state index contributed by atoms with van der Waals surface area (Å²) < 4.78 is 0. The molecule has 3 fully saturated rings. The van der Waals surface area contributed by atoms with E-state index in [1.165, 1.54) is 13.0 Å². The fourth-order valence-electron chi connectivity index (χ4n) is 6.81. The first-order valence-electron chi connectivity index (χ1n) is 9.61. The minimum Gasteiger partial charge on any atom is -0.390 e. The Labute approximate surface area is 153 Å². The van der Waals surface area contributed by atoms with Crippen molar-refractivity contribution in [1.29, 1.82) is 0 Å². The number of aliphatic hydroxyl groups excluding tert-OH is 2. The van der Waals surface area contributed by atoms with Gasteiger partial charge >= 0.3 is 0 Å². The van der Waals surface area contributed by atoms with E-state index < -0.39 is 28.6 Å². The summed E-state index contributed by atoms with van der Waals surface area (Å²) in [6.07, 6.45) is 5.33. The van der Waals surface area contributed by atoms with Crippen LogP contribution in [0.2, 0.25) is 0 Å². The van der Waals surface area contributed by atoms with Gasteiger partial charge in [-0.25, -0.2) is 0 Å². The van der Waals surface area contributed by atoms with Gasteiger partial charge in [-0.15, -0.1) is 0 Å². The molecule has 0 bridgehead atoms. The molecular weight excluding hydrogens is 332 g/mol. The minimum absolute atomic E-state index is 0.0378. The lowest BCUT2D eigenvalue weighted by Gasteiger charge is -2.60. The second kappa shape index (κ2) is 5.37. The van der Waals surface area contributed by atoms with Gasteiger partial charge in [0.15, 0.2) is 11.6 Å². The van der Waals surface area contributed by atoms with Gasteiger partial charge in [-0.2, -0.15) is 0 Å². The first kappa shape index (κ1) is 18.1. The zero-order valence-corrected chi connectivity index (χ0v) is 15.6. The molecule has 0 aromatic rings. The van der Waals surface area contributed by atoms with E-state index in [1.807, 2.05) is 19.9 Å². The van der Waals surface area contributed by atoms with Gasteiger partial charge in [0.05, 0.1) is 6.10 Å². The van der Waals surface area contributed by atoms with Gasteiger partial charge in [0.2, 0.25) is 0 Å². The number of allylic oxidation sites excluding steroid dienone is 3. The smallest absolute Gasteiger partial charge is 0.178 e. The van der Waals surface area contributed by atoms with E-state index in [1.54, 1.807) is 6.08 Å². The molecule has 8 atom stereocenters. The molecule has 0 amide bonds. The lowest BCUT2D eigenvalue weighted by Crippen LogP contribution is -2.62. The molecule has 5 nitrogen and oxygen atoms in total. The molecule has 0 aliphatic heterocycles. The third kappa shape index (κ3) is 1.97. The van der Waals surface area contributed by atoms with Crippen LogP contribution in [0, 0.1) is 28.6 Å². The molecule has 142 valence electrons. The Bertz CT molecular complexity index is 739. The van der Waals surface area contributed by atoms with Crippen LogP contribution in [-0.4, -0.2) is 44.7 Å². The third-order valence-corrected chi connectivity index (χ3v) is 8.39. The molecule has 3 saturated carbocycles. The summed E-state index contributed by atoms with van der Waals surface area (Å²) in [7, 11) is 0. The maximum absolute atomic E-state index is 12.2. The Balaban J connectivity index is 1.80. The van der Waals surface area contributed by atoms with Crippen molar-refractivity contribution in [3.05, 3.63) is 23.8 Å². The van der Waals surface area contributed by atoms with Crippen LogP contribution in [0.1, 0.15) is 46.5 Å². The Kier molecular flexibility index (Phi) is 3.73. The summed E-state index contributed by atoms with van der Waals surface area (Å²) in [5.41, 5.74) is -1.83. The molecule has 0 aromatic carbocycles. The van der Waals surface area contributed by atoms with E-state index >= 15 is 0 Å². The Morgan fingerprint density at radius 2 is 1.81 bits per heavy atom. The zero-order chi connectivity index (χ0) is 19.1. The zero-order valence-electron chi connectivity index (χ0n) is 15.6. The van der Waals surface area contributed by atoms with Crippen molar-refractivity contribution in [2.24, 2.45) is 28.6 Å². The predicted molar refractivity (Wildman–Crippen MR) is 95.0 cm³/mol. The highest BCUT2D eigenvalue weighted by molar-refractivity contribution is 6.01. The van der Waals surface area contributed by atoms with E-state index in [0.29, 0.717) is 24.8 Å². The summed E-state index contributed by atoms with van der Waals surface area (Å²) >= 11 is 0. The van der Waals surface area contributed by atoms with Crippen molar-refractivity contribution in [2.45, 2.75) is 64.3 Å². The standard InChI is InChI=1S/C21H28O5/c1-11(22)21(26)9-6-14-16-13(5-8-20(14,21)3)19(2)7-4-12(23)10-15(19)17(24)18(16)25/h4,7,10,13-14,16-18,24-26H,5-6,8-9H2,1-3H3/t13-,14-,16+,17+,18+,19+,20-,21-/m0/s1. The average molecular weight is 360 g/mol. The molecule has 4 aliphatic rings. The fourth-order valence-corrected chi connectivity index (χ4v) is 6.81. The maximum atomic E-state index is 12.2. The van der Waals surface area contributed by atoms with E-state index in [4.69, 9.17) is 0 Å². The molecule has 0 saturated heterocycles. The molecule has 4 aliphatic carbocycles. The number of carbonyl (C=O) groups is 2. The van der Waals surface area contributed by atoms with Gasteiger partial charge in [0, 0.05) is 10.8 Å². The van der Waals surface area contributed by atoms with E-state index in [2.05, 4.69) is 0 Å². The quantitative estimate of drug-likeness (QED) is 0.660. The average Bonchev–Trinajstić information content (AvgIpc) is 2.87. The van der Waals surface area contributed by atoms with Crippen LogP contribution in [0.4, 0.5) is 0 Å². The Morgan fingerprint density at radius 1 is 1.15 bits per heavy atom. The Hall–Kier alpha value is -1.30. The second-order valence-electron chi connectivity index (χ2n) is 9.26. The Morgan fingerprint density at radius 3 is 2.46 bits per heavy atom. The molecule has 0 aromatic heterocycles. The number of fused-ring (bicyclic) bond motifs is 5. The van der Waals surface area contributed by atoms with E-state index in [9.17, 15) is 24.9 Å². The highest BCUT2D eigenvalue weighted by Gasteiger charge is 2.67. The first-order valence-corrected chi connectivity index (χ1v) is 9.61. The second-order valence-corrected chi connectivity index (χ2v) is 9.26. The van der Waals surface area contributed by atoms with Gasteiger partial charge in [-0.3, -0.25) is 9.59 Å². The van der Waals surface area contributed by atoms with E-state index in [0.717, 1.165) is 6.42 Å². The molecule has 0 radical (unpaired) electrons. The van der Waals surface area contributed by atoms with Crippen LogP contribution in [0.15, 0.2) is 23.8 Å². The number of Topliss-reactive ketones (excluding diaryl/α,β-unsaturated/α-hetero) is 1. The van der Waals surface area contributed by atoms with Crippen LogP contribution >= 0.6 is 0 Å². The van der Waals surface area contributed by atoms with Crippen molar-refractivity contribution in [3.63, 3.8) is 0 Å². The number of aliphatic hydroxyl groups is 3. The fraction of sp³-hybridized carbons (Fsp3) is 0.714. The molecule has 26 heavy (non-hydrogen) atoms. The van der Waals surface area contributed by atoms with Gasteiger partial charge in [0.25, 0.3) is 0 Å². The third-order valence-electron chi connectivity index (χ3n) is 8.39. The van der Waals surface area contributed by atoms with Crippen LogP contribution in [0.3, 0.4) is 0 Å². The summed E-state index contributed by atoms with van der Waals surface area (Å²) in [5, 5.41) is 32.9. The first-order chi connectivity index (χ1) is 12.1. The largest absolute Gasteiger partial charge is 0.390 e. The highest BCUT2D eigenvalue weighted by Crippen LogP contribution is 2.67. The molecule has 5 heteroatoms. The topological polar surface area (TPSA) is 94.8 Å². The molecular formula is C21H28O5. The number of hydrogen-bond acceptors (Lipinski definition) is 5. The van der Waals surface area contributed by atoms with Crippen LogP contribution in [0.5, 0.6) is 0 Å². The van der Waals surface area contributed by atoms with Gasteiger partial charge < -0.3 is 15.3 Å². The summed E-state index contributed by atoms with van der Waals surface area (Å²) in [5.74, 6) is -0.540. The number of rotatable bonds is 1. The summed E-state index contributed by atoms with van der Waals surface area (Å²) in [4.78, 5) is 24.1. The maximum Gasteiger partial charge on any atom is 0.178 e. The van der Waals surface area contributed by atoms with Crippen LogP contribution in [0.25, 0.3) is 0 Å². The van der Waals surface area contributed by atoms with Gasteiger partial charge in [0.1, 0.15) is 11.7 Å². The molecule has 0 unspecified atom stereocenters. The number of ketones is 2. The van der Waals surface area contributed by atoms with Gasteiger partial charge in [-0.1, -0.05) is 19.9 Å². The highest BCUT2D eigenvalue weighted by atomic mass is 16.3. The SMILES string of the molecule is CC(=O)[C@@]1(O)CC[C@H]2[C@@H]3[C@@H](O)[C@H](O)C4=CC(=O)C=C[C@]4(C)[C@H]3CC[C@@]21C. The van der Waals surface area contributed by atoms with Crippen LogP contribution in [-0.2, 0) is 9.59 Å². The van der Waals surface area contributed by atoms with Crippen molar-refractivity contribution in [1.82, 2.24) is 0 Å². The van der Waals surface area contributed by atoms with Crippen molar-refractivity contribution >= 4 is 11.6 Å². The van der Waals surface area contributed by atoms with Crippen molar-refractivity contribution < 1.29 is 24.9 Å². The minimum atomic E-state index is -1.36. The molecule has 0 spiro atoms. The molecule has 0 heterocycles. The van der Waals surface area contributed by atoms with E-state index in [-0.39, 0.29) is 29.3 Å². The van der Waals surface area contributed by atoms with Crippen molar-refractivity contribution in [2.75, 3.05) is 0 Å². The summed E-state index contributed by atoms with van der Waals surface area (Å²) in [6.45, 7) is 5.45. The number of hydrogen-bond donors (Lipinski definition) is 3. The van der Waals surface area contributed by atoms with Gasteiger partial charge in [-0.05, 0) is 68.1 Å². The number of carbonyl (C=O) groups excluding carboxylic acids is 2. The molecule has 3 N–H and O–H groups in total. The van der Waals surface area contributed by atoms with Crippen molar-refractivity contribution in [3.8, 4) is 0 Å². The lowest BCUT2D eigenvalue weighted by atomic mass is 9.46. The lowest BCUT2D eigenvalue weighted by molar-refractivity contribution is -0.175. The monoisotopic (exact) mass is 360 g/mol.